The minimum atomic E-state index is -1.25. The Hall–Kier alpha value is -5.06. The zero-order valence-electron chi connectivity index (χ0n) is 25.3. The molecule has 2 aliphatic rings. The summed E-state index contributed by atoms with van der Waals surface area (Å²) >= 11 is 0. The Morgan fingerprint density at radius 3 is 2.27 bits per heavy atom. The van der Waals surface area contributed by atoms with E-state index in [1.165, 1.54) is 7.11 Å². The number of hydrogen-bond acceptors (Lipinski definition) is 8. The van der Waals surface area contributed by atoms with E-state index < -0.39 is 47.6 Å². The van der Waals surface area contributed by atoms with Crippen molar-refractivity contribution in [3.8, 4) is 17.2 Å². The molecule has 44 heavy (non-hydrogen) atoms. The highest BCUT2D eigenvalue weighted by Crippen LogP contribution is 2.35. The lowest BCUT2D eigenvalue weighted by Crippen LogP contribution is -2.52. The van der Waals surface area contributed by atoms with Gasteiger partial charge in [0.05, 0.1) is 13.7 Å². The van der Waals surface area contributed by atoms with Gasteiger partial charge in [-0.25, -0.2) is 9.59 Å². The summed E-state index contributed by atoms with van der Waals surface area (Å²) < 4.78 is 22.3. The first kappa shape index (κ1) is 31.9. The zero-order valence-corrected chi connectivity index (χ0v) is 25.3. The van der Waals surface area contributed by atoms with Crippen LogP contribution in [0.3, 0.4) is 0 Å². The van der Waals surface area contributed by atoms with E-state index in [1.807, 2.05) is 0 Å². The number of ether oxygens (including phenoxy) is 4. The van der Waals surface area contributed by atoms with Crippen molar-refractivity contribution in [2.75, 3.05) is 13.7 Å². The van der Waals surface area contributed by atoms with Gasteiger partial charge < -0.3 is 34.9 Å². The third-order valence-corrected chi connectivity index (χ3v) is 6.61. The molecule has 3 amide bonds. The van der Waals surface area contributed by atoms with Gasteiger partial charge in [-0.1, -0.05) is 48.5 Å². The number of carbonyl (C=O) groups is 4. The Labute approximate surface area is 256 Å². The van der Waals surface area contributed by atoms with Crippen molar-refractivity contribution in [2.45, 2.75) is 57.8 Å². The number of amides is 3. The van der Waals surface area contributed by atoms with E-state index in [0.717, 1.165) is 0 Å². The van der Waals surface area contributed by atoms with Crippen LogP contribution >= 0.6 is 0 Å². The monoisotopic (exact) mass is 603 g/mol. The van der Waals surface area contributed by atoms with Crippen LogP contribution in [0.2, 0.25) is 0 Å². The number of nitrogens with one attached hydrogen (secondary N) is 3. The van der Waals surface area contributed by atoms with Crippen LogP contribution in [0.15, 0.2) is 72.8 Å². The minimum absolute atomic E-state index is 0.0773. The van der Waals surface area contributed by atoms with Gasteiger partial charge in [0.1, 0.15) is 23.4 Å². The zero-order chi connectivity index (χ0) is 31.9. The molecule has 0 aliphatic carbocycles. The number of alkyl carbamates (subject to hydrolysis) is 1. The number of hydrogen-bond donors (Lipinski definition) is 3. The van der Waals surface area contributed by atoms with Gasteiger partial charge in [0.25, 0.3) is 0 Å². The number of benzene rings is 3. The largest absolute Gasteiger partial charge is 0.493 e. The topological polar surface area (TPSA) is 141 Å². The summed E-state index contributed by atoms with van der Waals surface area (Å²) in [5, 5.41) is 8.15. The lowest BCUT2D eigenvalue weighted by Gasteiger charge is -2.27. The SMILES string of the molecule is CCOC(=O)[C@H]1NC(=O)[C@@H](c2ccccc2)NC(=O)[C@@H](NC(=O)OC(C)(C)C)Cc2ccc(cc2)Oc2cc1ccc2OC. The molecule has 0 saturated heterocycles. The van der Waals surface area contributed by atoms with Gasteiger partial charge in [-0.3, -0.25) is 9.59 Å². The Kier molecular flexibility index (Phi) is 10.1. The maximum absolute atomic E-state index is 13.9. The molecule has 3 aromatic rings. The fraction of sp³-hybridized carbons (Fsp3) is 0.333. The number of fused-ring (bicyclic) bond motifs is 9. The molecule has 232 valence electrons. The van der Waals surface area contributed by atoms with Gasteiger partial charge in [-0.05, 0) is 68.7 Å². The first-order chi connectivity index (χ1) is 21.0. The van der Waals surface area contributed by atoms with Gasteiger partial charge in [0.2, 0.25) is 11.8 Å². The molecule has 0 saturated carbocycles. The molecule has 0 aromatic heterocycles. The normalized spacial score (nSPS) is 18.7. The summed E-state index contributed by atoms with van der Waals surface area (Å²) in [6.07, 6.45) is -0.709. The van der Waals surface area contributed by atoms with Crippen LogP contribution in [-0.4, -0.2) is 49.2 Å². The highest BCUT2D eigenvalue weighted by Gasteiger charge is 2.33. The lowest BCUT2D eigenvalue weighted by molar-refractivity contribution is -0.148. The lowest BCUT2D eigenvalue weighted by atomic mass is 10.0. The van der Waals surface area contributed by atoms with E-state index in [4.69, 9.17) is 18.9 Å². The van der Waals surface area contributed by atoms with Crippen LogP contribution in [0.25, 0.3) is 0 Å². The van der Waals surface area contributed by atoms with Crippen LogP contribution < -0.4 is 25.4 Å². The molecular weight excluding hydrogens is 566 g/mol. The Morgan fingerprint density at radius 1 is 0.932 bits per heavy atom. The van der Waals surface area contributed by atoms with Crippen molar-refractivity contribution >= 4 is 23.9 Å². The predicted octanol–water partition coefficient (Wildman–Crippen LogP) is 4.51. The van der Waals surface area contributed by atoms with E-state index in [0.29, 0.717) is 33.9 Å². The van der Waals surface area contributed by atoms with E-state index in [9.17, 15) is 19.2 Å². The van der Waals surface area contributed by atoms with Gasteiger partial charge in [-0.2, -0.15) is 0 Å². The molecule has 4 bridgehead atoms. The average Bonchev–Trinajstić information content (AvgIpc) is 2.98. The second-order valence-corrected chi connectivity index (χ2v) is 11.1. The second kappa shape index (κ2) is 13.9. The number of rotatable bonds is 5. The highest BCUT2D eigenvalue weighted by molar-refractivity contribution is 5.94. The summed E-state index contributed by atoms with van der Waals surface area (Å²) in [6, 6.07) is 16.8. The molecule has 11 nitrogen and oxygen atoms in total. The van der Waals surface area contributed by atoms with Crippen LogP contribution in [0.4, 0.5) is 4.79 Å². The molecule has 0 spiro atoms. The van der Waals surface area contributed by atoms with Crippen LogP contribution in [0.5, 0.6) is 17.2 Å². The Morgan fingerprint density at radius 2 is 1.64 bits per heavy atom. The Balaban J connectivity index is 1.81. The predicted molar refractivity (Wildman–Crippen MR) is 161 cm³/mol. The number of methoxy groups -OCH3 is 1. The number of esters is 1. The van der Waals surface area contributed by atoms with Crippen molar-refractivity contribution in [1.82, 2.24) is 16.0 Å². The van der Waals surface area contributed by atoms with Crippen LogP contribution in [-0.2, 0) is 30.3 Å². The molecule has 2 heterocycles. The minimum Gasteiger partial charge on any atom is -0.493 e. The smallest absolute Gasteiger partial charge is 0.408 e. The van der Waals surface area contributed by atoms with E-state index in [2.05, 4.69) is 16.0 Å². The summed E-state index contributed by atoms with van der Waals surface area (Å²) in [4.78, 5) is 53.6. The molecule has 5 rings (SSSR count). The first-order valence-electron chi connectivity index (χ1n) is 14.2. The molecule has 0 fully saturated rings. The standard InChI is InChI=1S/C33H37N3O8/c1-6-42-31(39)28-22-14-17-25(41-5)26(19-22)43-23-15-12-20(13-16-23)18-24(34-32(40)44-33(2,3)4)29(37)35-27(30(38)36-28)21-10-8-7-9-11-21/h7-17,19,24,27-28H,6,18H2,1-5H3,(H,34,40)(H,35,37)(H,36,38)/t24-,27+,28-/m0/s1. The molecule has 0 unspecified atom stereocenters. The van der Waals surface area contributed by atoms with Crippen LogP contribution in [0.1, 0.15) is 56.5 Å². The summed E-state index contributed by atoms with van der Waals surface area (Å²) in [6.45, 7) is 6.87. The first-order valence-corrected chi connectivity index (χ1v) is 14.2. The van der Waals surface area contributed by atoms with Crippen molar-refractivity contribution < 1.29 is 38.1 Å². The van der Waals surface area contributed by atoms with Gasteiger partial charge in [-0.15, -0.1) is 0 Å². The van der Waals surface area contributed by atoms with Crippen LogP contribution in [0, 0.1) is 0 Å². The quantitative estimate of drug-likeness (QED) is 0.362. The highest BCUT2D eigenvalue weighted by atomic mass is 16.6. The van der Waals surface area contributed by atoms with E-state index >= 15 is 0 Å². The third kappa shape index (κ3) is 8.27. The van der Waals surface area contributed by atoms with Crippen molar-refractivity contribution in [3.63, 3.8) is 0 Å². The number of carbonyl (C=O) groups excluding carboxylic acids is 4. The fourth-order valence-corrected chi connectivity index (χ4v) is 4.59. The fourth-order valence-electron chi connectivity index (χ4n) is 4.59. The van der Waals surface area contributed by atoms with E-state index in [1.54, 1.807) is 100 Å². The summed E-state index contributed by atoms with van der Waals surface area (Å²) in [5.74, 6) is -0.836. The Bertz CT molecular complexity index is 1490. The summed E-state index contributed by atoms with van der Waals surface area (Å²) in [5.41, 5.74) is 0.744. The van der Waals surface area contributed by atoms with Gasteiger partial charge >= 0.3 is 12.1 Å². The van der Waals surface area contributed by atoms with E-state index in [-0.39, 0.29) is 13.0 Å². The molecule has 2 aliphatic heterocycles. The third-order valence-electron chi connectivity index (χ3n) is 6.61. The molecule has 11 heteroatoms. The summed E-state index contributed by atoms with van der Waals surface area (Å²) in [7, 11) is 1.49. The van der Waals surface area contributed by atoms with Crippen molar-refractivity contribution in [2.24, 2.45) is 0 Å². The van der Waals surface area contributed by atoms with Crippen molar-refractivity contribution in [3.05, 3.63) is 89.5 Å². The maximum Gasteiger partial charge on any atom is 0.408 e. The molecule has 0 radical (unpaired) electrons. The molecule has 3 aromatic carbocycles. The molecule has 3 N–H and O–H groups in total. The molecular formula is C33H37N3O8. The van der Waals surface area contributed by atoms with Crippen molar-refractivity contribution in [1.29, 1.82) is 0 Å². The van der Waals surface area contributed by atoms with Gasteiger partial charge in [0.15, 0.2) is 17.5 Å². The molecule has 3 atom stereocenters. The maximum atomic E-state index is 13.9. The average molecular weight is 604 g/mol. The van der Waals surface area contributed by atoms with Gasteiger partial charge in [0, 0.05) is 6.42 Å². The second-order valence-electron chi connectivity index (χ2n) is 11.1.